The Balaban J connectivity index is 4.02. The predicted molar refractivity (Wildman–Crippen MR) is 37.2 cm³/mol. The lowest BCUT2D eigenvalue weighted by molar-refractivity contribution is -0.129. The largest absolute Gasteiger partial charge is 0.347 e. The Kier molecular flexibility index (Phi) is 3.64. The first-order valence-corrected chi connectivity index (χ1v) is 2.89. The molecule has 0 saturated carbocycles. The lowest BCUT2D eigenvalue weighted by Crippen LogP contribution is -2.42. The van der Waals surface area contributed by atoms with Gasteiger partial charge in [-0.1, -0.05) is 0 Å². The summed E-state index contributed by atoms with van der Waals surface area (Å²) in [5.41, 5.74) is 0. The molecule has 1 amide bonds. The molecule has 0 fully saturated rings. The summed E-state index contributed by atoms with van der Waals surface area (Å²) in [6, 6.07) is -0.824. The molecule has 0 aliphatic carbocycles. The Labute approximate surface area is 60.2 Å². The second-order valence-electron chi connectivity index (χ2n) is 2.07. The van der Waals surface area contributed by atoms with Crippen molar-refractivity contribution in [3.05, 3.63) is 0 Å². The van der Waals surface area contributed by atoms with Crippen LogP contribution in [0.25, 0.3) is 0 Å². The second-order valence-corrected chi connectivity index (χ2v) is 2.07. The normalized spacial score (nSPS) is 12.3. The summed E-state index contributed by atoms with van der Waals surface area (Å²) in [7, 11) is 4.71. The van der Waals surface area contributed by atoms with Crippen molar-refractivity contribution in [2.75, 3.05) is 21.1 Å². The van der Waals surface area contributed by atoms with Crippen molar-refractivity contribution in [2.24, 2.45) is 0 Å². The summed E-state index contributed by atoms with van der Waals surface area (Å²) < 4.78 is 0. The molecule has 1 radical (unpaired) electrons. The van der Waals surface area contributed by atoms with Crippen molar-refractivity contribution in [2.45, 2.75) is 6.04 Å². The molecule has 0 heterocycles. The zero-order valence-corrected chi connectivity index (χ0v) is 6.34. The van der Waals surface area contributed by atoms with E-state index in [1.54, 1.807) is 20.4 Å². The summed E-state index contributed by atoms with van der Waals surface area (Å²) in [4.78, 5) is 22.3. The minimum atomic E-state index is -0.824. The van der Waals surface area contributed by atoms with Gasteiger partial charge in [-0.3, -0.25) is 9.59 Å². The summed E-state index contributed by atoms with van der Waals surface area (Å²) in [5.74, 6) is -0.280. The van der Waals surface area contributed by atoms with Crippen LogP contribution in [0.15, 0.2) is 0 Å². The minimum absolute atomic E-state index is 0.280. The highest BCUT2D eigenvalue weighted by molar-refractivity contribution is 5.95. The van der Waals surface area contributed by atoms with Crippen LogP contribution in [0, 0.1) is 0 Å². The van der Waals surface area contributed by atoms with Gasteiger partial charge in [0.2, 0.25) is 12.2 Å². The van der Waals surface area contributed by atoms with Gasteiger partial charge < -0.3 is 10.2 Å². The van der Waals surface area contributed by atoms with Gasteiger partial charge >= 0.3 is 0 Å². The third kappa shape index (κ3) is 2.14. The molecule has 0 aliphatic rings. The molecule has 0 rings (SSSR count). The van der Waals surface area contributed by atoms with E-state index in [9.17, 15) is 9.59 Å². The van der Waals surface area contributed by atoms with Crippen LogP contribution >= 0.6 is 0 Å². The van der Waals surface area contributed by atoms with Gasteiger partial charge in [0, 0.05) is 14.1 Å². The van der Waals surface area contributed by atoms with Crippen LogP contribution in [-0.2, 0) is 9.59 Å². The summed E-state index contributed by atoms with van der Waals surface area (Å²) in [6.07, 6.45) is 1.58. The SMILES string of the molecule is CNC([C]=O)C(=O)N(C)C. The lowest BCUT2D eigenvalue weighted by Gasteiger charge is -2.13. The van der Waals surface area contributed by atoms with Crippen molar-refractivity contribution in [3.8, 4) is 0 Å². The van der Waals surface area contributed by atoms with Crippen LogP contribution in [0.3, 0.4) is 0 Å². The topological polar surface area (TPSA) is 49.4 Å². The van der Waals surface area contributed by atoms with Crippen molar-refractivity contribution < 1.29 is 9.59 Å². The third-order valence-electron chi connectivity index (χ3n) is 1.09. The van der Waals surface area contributed by atoms with Gasteiger partial charge in [-0.2, -0.15) is 0 Å². The van der Waals surface area contributed by atoms with Gasteiger partial charge in [0.15, 0.2) is 6.04 Å². The van der Waals surface area contributed by atoms with E-state index in [1.807, 2.05) is 0 Å². The molecule has 0 aromatic carbocycles. The van der Waals surface area contributed by atoms with Gasteiger partial charge in [0.1, 0.15) is 0 Å². The number of hydrogen-bond acceptors (Lipinski definition) is 3. The standard InChI is InChI=1S/C6H11N2O2/c1-7-5(4-9)6(10)8(2)3/h5,7H,1-3H3. The first-order valence-electron chi connectivity index (χ1n) is 2.89. The van der Waals surface area contributed by atoms with Gasteiger partial charge in [-0.05, 0) is 7.05 Å². The second kappa shape index (κ2) is 4.00. The van der Waals surface area contributed by atoms with Crippen LogP contribution in [-0.4, -0.2) is 44.3 Å². The maximum absolute atomic E-state index is 10.9. The van der Waals surface area contributed by atoms with Gasteiger partial charge in [0.05, 0.1) is 0 Å². The number of carbonyl (C=O) groups is 1. The van der Waals surface area contributed by atoms with E-state index in [0.717, 1.165) is 0 Å². The molecule has 1 atom stereocenters. The summed E-state index contributed by atoms with van der Waals surface area (Å²) in [5, 5.41) is 2.52. The average molecular weight is 143 g/mol. The molecule has 10 heavy (non-hydrogen) atoms. The van der Waals surface area contributed by atoms with Crippen molar-refractivity contribution in [3.63, 3.8) is 0 Å². The summed E-state index contributed by atoms with van der Waals surface area (Å²) in [6.45, 7) is 0. The number of rotatable bonds is 3. The molecule has 0 aromatic rings. The zero-order valence-electron chi connectivity index (χ0n) is 6.34. The van der Waals surface area contributed by atoms with Crippen molar-refractivity contribution in [1.82, 2.24) is 10.2 Å². The van der Waals surface area contributed by atoms with E-state index in [2.05, 4.69) is 5.32 Å². The Morgan fingerprint density at radius 3 is 2.20 bits per heavy atom. The summed E-state index contributed by atoms with van der Waals surface area (Å²) >= 11 is 0. The quantitative estimate of drug-likeness (QED) is 0.503. The van der Waals surface area contributed by atoms with E-state index >= 15 is 0 Å². The zero-order chi connectivity index (χ0) is 8.15. The molecule has 0 aromatic heterocycles. The first kappa shape index (κ1) is 9.10. The molecule has 0 spiro atoms. The number of amides is 1. The van der Waals surface area contributed by atoms with Crippen LogP contribution in [0.2, 0.25) is 0 Å². The fraction of sp³-hybridized carbons (Fsp3) is 0.667. The molecule has 4 nitrogen and oxygen atoms in total. The first-order chi connectivity index (χ1) is 4.63. The molecular formula is C6H11N2O2. The van der Waals surface area contributed by atoms with Crippen LogP contribution < -0.4 is 5.32 Å². The minimum Gasteiger partial charge on any atom is -0.347 e. The van der Waals surface area contributed by atoms with E-state index in [0.29, 0.717) is 0 Å². The Hall–Kier alpha value is -0.900. The fourth-order valence-electron chi connectivity index (χ4n) is 0.491. The Morgan fingerprint density at radius 1 is 1.60 bits per heavy atom. The predicted octanol–water partition coefficient (Wildman–Crippen LogP) is -1.23. The highest BCUT2D eigenvalue weighted by atomic mass is 16.2. The molecular weight excluding hydrogens is 132 g/mol. The van der Waals surface area contributed by atoms with E-state index < -0.39 is 6.04 Å². The lowest BCUT2D eigenvalue weighted by atomic mass is 10.3. The monoisotopic (exact) mass is 143 g/mol. The van der Waals surface area contributed by atoms with Crippen LogP contribution in [0.4, 0.5) is 0 Å². The maximum atomic E-state index is 10.9. The number of carbonyl (C=O) groups excluding carboxylic acids is 2. The highest BCUT2D eigenvalue weighted by Crippen LogP contribution is 1.83. The van der Waals surface area contributed by atoms with Crippen LogP contribution in [0.5, 0.6) is 0 Å². The number of nitrogens with zero attached hydrogens (tertiary/aromatic N) is 1. The van der Waals surface area contributed by atoms with Gasteiger partial charge in [0.25, 0.3) is 0 Å². The molecule has 1 unspecified atom stereocenters. The Bertz CT molecular complexity index is 134. The number of hydrogen-bond donors (Lipinski definition) is 1. The fourth-order valence-corrected chi connectivity index (χ4v) is 0.491. The third-order valence-corrected chi connectivity index (χ3v) is 1.09. The van der Waals surface area contributed by atoms with Gasteiger partial charge in [-0.25, -0.2) is 0 Å². The van der Waals surface area contributed by atoms with E-state index in [1.165, 1.54) is 11.9 Å². The average Bonchev–Trinajstić information content (AvgIpc) is 1.90. The van der Waals surface area contributed by atoms with E-state index in [4.69, 9.17) is 0 Å². The maximum Gasteiger partial charge on any atom is 0.247 e. The Morgan fingerprint density at radius 2 is 2.10 bits per heavy atom. The molecule has 4 heteroatoms. The van der Waals surface area contributed by atoms with Gasteiger partial charge in [-0.15, -0.1) is 0 Å². The number of likely N-dealkylation sites (N-methyl/N-ethyl adjacent to an activating group) is 2. The van der Waals surface area contributed by atoms with Crippen molar-refractivity contribution >= 4 is 12.2 Å². The molecule has 57 valence electrons. The van der Waals surface area contributed by atoms with Crippen molar-refractivity contribution in [1.29, 1.82) is 0 Å². The molecule has 0 aliphatic heterocycles. The smallest absolute Gasteiger partial charge is 0.247 e. The number of nitrogens with one attached hydrogen (secondary N) is 1. The molecule has 0 bridgehead atoms. The molecule has 0 saturated heterocycles. The highest BCUT2D eigenvalue weighted by Gasteiger charge is 2.17. The molecule has 1 N–H and O–H groups in total. The van der Waals surface area contributed by atoms with Crippen LogP contribution in [0.1, 0.15) is 0 Å². The van der Waals surface area contributed by atoms with E-state index in [-0.39, 0.29) is 5.91 Å².